The number of carbonyl (C=O) groups is 1. The highest BCUT2D eigenvalue weighted by Crippen LogP contribution is 2.29. The average molecular weight is 498 g/mol. The van der Waals surface area contributed by atoms with Crippen LogP contribution in [0, 0.1) is 0 Å². The predicted molar refractivity (Wildman–Crippen MR) is 103 cm³/mol. The van der Waals surface area contributed by atoms with E-state index in [0.717, 1.165) is 0 Å². The molecule has 1 heterocycles. The number of sulfonamides is 1. The summed E-state index contributed by atoms with van der Waals surface area (Å²) >= 11 is 6.61. The second-order valence-corrected chi connectivity index (χ2v) is 10.6. The van der Waals surface area contributed by atoms with Gasteiger partial charge >= 0.3 is 6.09 Å². The summed E-state index contributed by atoms with van der Waals surface area (Å²) in [5.74, 6) is 0. The van der Waals surface area contributed by atoms with E-state index >= 15 is 0 Å². The minimum Gasteiger partial charge on any atom is -0.444 e. The van der Waals surface area contributed by atoms with Crippen LogP contribution in [0.3, 0.4) is 0 Å². The minimum absolute atomic E-state index is 0.0905. The van der Waals surface area contributed by atoms with E-state index in [1.165, 1.54) is 4.31 Å². The summed E-state index contributed by atoms with van der Waals surface area (Å²) in [4.78, 5) is 12.1. The Morgan fingerprint density at radius 3 is 2.40 bits per heavy atom. The molecule has 0 spiro atoms. The summed E-state index contributed by atoms with van der Waals surface area (Å²) in [6, 6.07) is 4.98. The molecule has 25 heavy (non-hydrogen) atoms. The van der Waals surface area contributed by atoms with Crippen LogP contribution in [-0.2, 0) is 14.8 Å². The quantitative estimate of drug-likeness (QED) is 0.687. The molecule has 1 aliphatic rings. The third-order valence-electron chi connectivity index (χ3n) is 3.69. The zero-order chi connectivity index (χ0) is 18.8. The lowest BCUT2D eigenvalue weighted by atomic mass is 10.1. The predicted octanol–water partition coefficient (Wildman–Crippen LogP) is 3.89. The number of nitrogens with one attached hydrogen (secondary N) is 1. The second kappa shape index (κ2) is 7.94. The number of carbonyl (C=O) groups excluding carboxylic acids is 1. The number of alkyl carbamates (subject to hydrolysis) is 1. The molecule has 2 rings (SSSR count). The Morgan fingerprint density at radius 2 is 1.84 bits per heavy atom. The summed E-state index contributed by atoms with van der Waals surface area (Å²) < 4.78 is 33.6. The zero-order valence-corrected chi connectivity index (χ0v) is 18.4. The molecule has 1 fully saturated rings. The monoisotopic (exact) mass is 496 g/mol. The number of rotatable bonds is 3. The van der Waals surface area contributed by atoms with Crippen molar-refractivity contribution in [3.63, 3.8) is 0 Å². The molecule has 0 aromatic heterocycles. The molecular formula is C16H22Br2N2O4S. The summed E-state index contributed by atoms with van der Waals surface area (Å²) in [5.41, 5.74) is -0.554. The van der Waals surface area contributed by atoms with Crippen LogP contribution >= 0.6 is 31.9 Å². The van der Waals surface area contributed by atoms with Gasteiger partial charge in [-0.2, -0.15) is 4.31 Å². The normalized spacial score (nSPS) is 17.3. The number of nitrogens with zero attached hydrogens (tertiary/aromatic N) is 1. The Labute approximate surface area is 165 Å². The first-order valence-corrected chi connectivity index (χ1v) is 11.0. The zero-order valence-electron chi connectivity index (χ0n) is 14.4. The molecule has 0 bridgehead atoms. The topological polar surface area (TPSA) is 75.7 Å². The van der Waals surface area contributed by atoms with Gasteiger partial charge in [-0.3, -0.25) is 0 Å². The summed E-state index contributed by atoms with van der Waals surface area (Å²) in [6.45, 7) is 6.11. The fraction of sp³-hybridized carbons (Fsp3) is 0.562. The number of piperidine rings is 1. The fourth-order valence-corrected chi connectivity index (χ4v) is 5.46. The molecule has 1 saturated heterocycles. The van der Waals surface area contributed by atoms with E-state index in [0.29, 0.717) is 34.9 Å². The van der Waals surface area contributed by atoms with Crippen LogP contribution < -0.4 is 5.32 Å². The van der Waals surface area contributed by atoms with Gasteiger partial charge in [-0.25, -0.2) is 13.2 Å². The lowest BCUT2D eigenvalue weighted by Gasteiger charge is -2.32. The highest BCUT2D eigenvalue weighted by atomic mass is 79.9. The number of hydrogen-bond donors (Lipinski definition) is 1. The molecule has 1 N–H and O–H groups in total. The van der Waals surface area contributed by atoms with E-state index in [1.807, 2.05) is 0 Å². The van der Waals surface area contributed by atoms with E-state index in [-0.39, 0.29) is 10.9 Å². The standard InChI is InChI=1S/C16H22Br2N2O4S/c1-16(2,3)24-15(21)19-12-6-8-20(9-7-12)25(22,23)14-10-11(17)4-5-13(14)18/h4-5,10,12H,6-9H2,1-3H3,(H,19,21). The van der Waals surface area contributed by atoms with E-state index < -0.39 is 21.7 Å². The Bertz CT molecular complexity index is 739. The van der Waals surface area contributed by atoms with Crippen molar-refractivity contribution >= 4 is 48.0 Å². The van der Waals surface area contributed by atoms with Crippen molar-refractivity contribution in [1.29, 1.82) is 0 Å². The van der Waals surface area contributed by atoms with Crippen LogP contribution in [-0.4, -0.2) is 43.5 Å². The fourth-order valence-electron chi connectivity index (χ4n) is 2.53. The molecule has 0 radical (unpaired) electrons. The molecule has 0 unspecified atom stereocenters. The van der Waals surface area contributed by atoms with Crippen molar-refractivity contribution in [3.8, 4) is 0 Å². The molecular weight excluding hydrogens is 476 g/mol. The van der Waals surface area contributed by atoms with Crippen molar-refractivity contribution in [2.45, 2.75) is 50.2 Å². The molecule has 1 aliphatic heterocycles. The van der Waals surface area contributed by atoms with Crippen molar-refractivity contribution < 1.29 is 17.9 Å². The highest BCUT2D eigenvalue weighted by molar-refractivity contribution is 9.11. The Kier molecular flexibility index (Phi) is 6.56. The van der Waals surface area contributed by atoms with Crippen molar-refractivity contribution in [1.82, 2.24) is 9.62 Å². The molecule has 6 nitrogen and oxygen atoms in total. The van der Waals surface area contributed by atoms with Gasteiger partial charge in [0.15, 0.2) is 0 Å². The number of hydrogen-bond acceptors (Lipinski definition) is 4. The van der Waals surface area contributed by atoms with Gasteiger partial charge in [0.05, 0.1) is 4.90 Å². The Morgan fingerprint density at radius 1 is 1.24 bits per heavy atom. The van der Waals surface area contributed by atoms with Crippen molar-refractivity contribution in [2.24, 2.45) is 0 Å². The first-order chi connectivity index (χ1) is 11.5. The van der Waals surface area contributed by atoms with Crippen LogP contribution in [0.15, 0.2) is 32.0 Å². The Balaban J connectivity index is 1.99. The summed E-state index contributed by atoms with van der Waals surface area (Å²) in [5, 5.41) is 2.81. The number of halogens is 2. The molecule has 0 atom stereocenters. The van der Waals surface area contributed by atoms with Gasteiger partial charge in [0, 0.05) is 28.1 Å². The molecule has 0 saturated carbocycles. The van der Waals surface area contributed by atoms with Gasteiger partial charge in [0.25, 0.3) is 0 Å². The third kappa shape index (κ3) is 5.67. The first kappa shape index (κ1) is 20.7. The first-order valence-electron chi connectivity index (χ1n) is 7.94. The highest BCUT2D eigenvalue weighted by Gasteiger charge is 2.32. The van der Waals surface area contributed by atoms with Gasteiger partial charge in [-0.15, -0.1) is 0 Å². The number of benzene rings is 1. The SMILES string of the molecule is CC(C)(C)OC(=O)NC1CCN(S(=O)(=O)c2cc(Br)ccc2Br)CC1. The molecule has 140 valence electrons. The molecule has 1 aromatic rings. The largest absolute Gasteiger partial charge is 0.444 e. The van der Waals surface area contributed by atoms with E-state index in [9.17, 15) is 13.2 Å². The maximum atomic E-state index is 12.8. The molecule has 0 aliphatic carbocycles. The second-order valence-electron chi connectivity index (χ2n) is 6.90. The van der Waals surface area contributed by atoms with Crippen LogP contribution in [0.4, 0.5) is 4.79 Å². The van der Waals surface area contributed by atoms with Crippen molar-refractivity contribution in [2.75, 3.05) is 13.1 Å². The van der Waals surface area contributed by atoms with Crippen LogP contribution in [0.2, 0.25) is 0 Å². The van der Waals surface area contributed by atoms with Crippen LogP contribution in [0.25, 0.3) is 0 Å². The van der Waals surface area contributed by atoms with Crippen LogP contribution in [0.1, 0.15) is 33.6 Å². The van der Waals surface area contributed by atoms with Crippen LogP contribution in [0.5, 0.6) is 0 Å². The van der Waals surface area contributed by atoms with Gasteiger partial charge in [-0.1, -0.05) is 15.9 Å². The maximum Gasteiger partial charge on any atom is 0.407 e. The van der Waals surface area contributed by atoms with Gasteiger partial charge in [-0.05, 0) is 67.7 Å². The third-order valence-corrected chi connectivity index (χ3v) is 7.07. The smallest absolute Gasteiger partial charge is 0.407 e. The molecule has 1 amide bonds. The van der Waals surface area contributed by atoms with Gasteiger partial charge < -0.3 is 10.1 Å². The Hall–Kier alpha value is -0.640. The maximum absolute atomic E-state index is 12.8. The van der Waals surface area contributed by atoms with E-state index in [2.05, 4.69) is 37.2 Å². The average Bonchev–Trinajstić information content (AvgIpc) is 2.48. The number of ether oxygens (including phenoxy) is 1. The minimum atomic E-state index is -3.58. The van der Waals surface area contributed by atoms with Crippen molar-refractivity contribution in [3.05, 3.63) is 27.1 Å². The van der Waals surface area contributed by atoms with E-state index in [1.54, 1.807) is 39.0 Å². The lowest BCUT2D eigenvalue weighted by molar-refractivity contribution is 0.0489. The molecule has 1 aromatic carbocycles. The number of amides is 1. The van der Waals surface area contributed by atoms with Gasteiger partial charge in [0.1, 0.15) is 5.60 Å². The lowest BCUT2D eigenvalue weighted by Crippen LogP contribution is -2.47. The van der Waals surface area contributed by atoms with Gasteiger partial charge in [0.2, 0.25) is 10.0 Å². The summed E-state index contributed by atoms with van der Waals surface area (Å²) in [6.07, 6.45) is 0.623. The summed E-state index contributed by atoms with van der Waals surface area (Å²) in [7, 11) is -3.58. The van der Waals surface area contributed by atoms with E-state index in [4.69, 9.17) is 4.74 Å². The molecule has 9 heteroatoms.